The molecule has 4 nitrogen and oxygen atoms in total. The van der Waals surface area contributed by atoms with Crippen LogP contribution in [0.15, 0.2) is 104 Å². The minimum absolute atomic E-state index is 0.493. The topological polar surface area (TPSA) is 67.6 Å². The molecule has 0 aliphatic heterocycles. The zero-order valence-corrected chi connectivity index (χ0v) is 16.7. The van der Waals surface area contributed by atoms with Gasteiger partial charge in [-0.25, -0.2) is 4.98 Å². The first-order chi connectivity index (χ1) is 14.8. The Morgan fingerprint density at radius 1 is 0.833 bits per heavy atom. The van der Waals surface area contributed by atoms with Crippen LogP contribution >= 0.6 is 0 Å². The van der Waals surface area contributed by atoms with Gasteiger partial charge in [0.2, 0.25) is 0 Å². The smallest absolute Gasteiger partial charge is 0.121 e. The van der Waals surface area contributed by atoms with Crippen LogP contribution in [0, 0.1) is 11.3 Å². The van der Waals surface area contributed by atoms with E-state index in [0.717, 1.165) is 22.4 Å². The predicted octanol–water partition coefficient (Wildman–Crippen LogP) is 4.51. The Morgan fingerprint density at radius 2 is 1.30 bits per heavy atom. The van der Waals surface area contributed by atoms with Gasteiger partial charge >= 0.3 is 0 Å². The van der Waals surface area contributed by atoms with Crippen molar-refractivity contribution in [2.75, 3.05) is 0 Å². The van der Waals surface area contributed by atoms with Crippen molar-refractivity contribution >= 4 is 0 Å². The summed E-state index contributed by atoms with van der Waals surface area (Å²) in [6.07, 6.45) is 5.02. The third-order valence-electron chi connectivity index (χ3n) is 5.53. The summed E-state index contributed by atoms with van der Waals surface area (Å²) in [5.41, 5.74) is 9.77. The fraction of sp³-hybridized carbons (Fsp3) is 0.154. The summed E-state index contributed by atoms with van der Waals surface area (Å²) in [5.74, 6) is 0. The van der Waals surface area contributed by atoms with E-state index in [0.29, 0.717) is 12.8 Å². The molecule has 0 fully saturated rings. The highest BCUT2D eigenvalue weighted by Crippen LogP contribution is 2.41. The van der Waals surface area contributed by atoms with Crippen LogP contribution in [0.5, 0.6) is 0 Å². The fourth-order valence-electron chi connectivity index (χ4n) is 4.13. The molecule has 0 spiro atoms. The third-order valence-corrected chi connectivity index (χ3v) is 5.53. The van der Waals surface area contributed by atoms with Crippen LogP contribution in [0.2, 0.25) is 0 Å². The maximum absolute atomic E-state index is 9.13. The summed E-state index contributed by atoms with van der Waals surface area (Å²) in [6, 6.07) is 33.1. The average molecular weight is 393 g/mol. The Morgan fingerprint density at radius 3 is 1.73 bits per heavy atom. The summed E-state index contributed by atoms with van der Waals surface area (Å²) in [4.78, 5) is 4.51. The van der Waals surface area contributed by atoms with E-state index < -0.39 is 11.6 Å². The second-order valence-corrected chi connectivity index (χ2v) is 7.34. The van der Waals surface area contributed by atoms with Crippen LogP contribution in [0.4, 0.5) is 0 Å². The molecular weight excluding hydrogens is 368 g/mol. The van der Waals surface area contributed by atoms with Gasteiger partial charge in [0.05, 0.1) is 18.4 Å². The van der Waals surface area contributed by atoms with Gasteiger partial charge in [0.25, 0.3) is 0 Å². The van der Waals surface area contributed by atoms with Gasteiger partial charge in [0.15, 0.2) is 0 Å². The van der Waals surface area contributed by atoms with Crippen molar-refractivity contribution in [2.24, 2.45) is 5.73 Å². The van der Waals surface area contributed by atoms with Gasteiger partial charge < -0.3 is 10.3 Å². The second-order valence-electron chi connectivity index (χ2n) is 7.34. The van der Waals surface area contributed by atoms with Gasteiger partial charge in [-0.15, -0.1) is 0 Å². The zero-order valence-electron chi connectivity index (χ0n) is 16.7. The minimum atomic E-state index is -0.591. The monoisotopic (exact) mass is 392 g/mol. The Bertz CT molecular complexity index is 1020. The number of benzene rings is 3. The number of hydrogen-bond acceptors (Lipinski definition) is 3. The maximum atomic E-state index is 9.13. The lowest BCUT2D eigenvalue weighted by atomic mass is 9.76. The summed E-state index contributed by atoms with van der Waals surface area (Å²) in [5, 5.41) is 9.13. The first-order valence-electron chi connectivity index (χ1n) is 10.1. The number of aryl methyl sites for hydroxylation is 1. The molecule has 4 rings (SSSR count). The Labute approximate surface area is 177 Å². The van der Waals surface area contributed by atoms with E-state index in [4.69, 9.17) is 11.0 Å². The molecule has 0 amide bonds. The molecule has 1 atom stereocenters. The first-order valence-corrected chi connectivity index (χ1v) is 10.1. The maximum Gasteiger partial charge on any atom is 0.121 e. The Balaban J connectivity index is 2.00. The van der Waals surface area contributed by atoms with E-state index >= 15 is 0 Å². The molecule has 4 aromatic rings. The number of nitriles is 1. The Kier molecular flexibility index (Phi) is 5.74. The van der Waals surface area contributed by atoms with E-state index in [1.54, 1.807) is 0 Å². The van der Waals surface area contributed by atoms with E-state index in [2.05, 4.69) is 88.4 Å². The summed E-state index contributed by atoms with van der Waals surface area (Å²) >= 11 is 0. The quantitative estimate of drug-likeness (QED) is 0.471. The number of nitrogens with zero attached hydrogens (tertiary/aromatic N) is 3. The summed E-state index contributed by atoms with van der Waals surface area (Å²) in [7, 11) is 0. The summed E-state index contributed by atoms with van der Waals surface area (Å²) in [6.45, 7) is 0. The van der Waals surface area contributed by atoms with Crippen molar-refractivity contribution in [1.82, 2.24) is 9.55 Å². The lowest BCUT2D eigenvalue weighted by molar-refractivity contribution is 0.490. The van der Waals surface area contributed by atoms with Crippen molar-refractivity contribution in [3.8, 4) is 6.07 Å². The number of aromatic nitrogens is 2. The van der Waals surface area contributed by atoms with Gasteiger partial charge in [0, 0.05) is 11.9 Å². The van der Waals surface area contributed by atoms with Crippen LogP contribution in [0.25, 0.3) is 0 Å². The molecule has 0 aliphatic rings. The van der Waals surface area contributed by atoms with Crippen molar-refractivity contribution < 1.29 is 0 Å². The average Bonchev–Trinajstić information content (AvgIpc) is 3.29. The first kappa shape index (κ1) is 19.6. The fourth-order valence-corrected chi connectivity index (χ4v) is 4.13. The third kappa shape index (κ3) is 3.52. The number of imidazole rings is 1. The van der Waals surface area contributed by atoms with Crippen molar-refractivity contribution in [1.29, 1.82) is 5.26 Å². The Hall–Kier alpha value is -3.68. The van der Waals surface area contributed by atoms with Gasteiger partial charge in [-0.3, -0.25) is 0 Å². The highest BCUT2D eigenvalue weighted by molar-refractivity contribution is 5.51. The molecule has 1 aromatic heterocycles. The van der Waals surface area contributed by atoms with Gasteiger partial charge in [0.1, 0.15) is 5.54 Å². The van der Waals surface area contributed by atoms with E-state index in [9.17, 15) is 0 Å². The SMILES string of the molecule is N#C[C@H](N)CCc1cncn1C(c1ccccc1)(c1ccccc1)c1ccccc1. The molecule has 0 saturated carbocycles. The van der Waals surface area contributed by atoms with Gasteiger partial charge in [-0.1, -0.05) is 91.0 Å². The highest BCUT2D eigenvalue weighted by Gasteiger charge is 2.39. The molecule has 0 aliphatic carbocycles. The number of nitrogens with two attached hydrogens (primary N) is 1. The molecule has 3 aromatic carbocycles. The predicted molar refractivity (Wildman–Crippen MR) is 119 cm³/mol. The van der Waals surface area contributed by atoms with E-state index in [1.807, 2.05) is 30.7 Å². The lowest BCUT2D eigenvalue weighted by Gasteiger charge is -2.38. The largest absolute Gasteiger partial charge is 0.316 e. The van der Waals surface area contributed by atoms with Crippen molar-refractivity contribution in [3.63, 3.8) is 0 Å². The molecule has 30 heavy (non-hydrogen) atoms. The highest BCUT2D eigenvalue weighted by atomic mass is 15.1. The van der Waals surface area contributed by atoms with Crippen LogP contribution in [0.1, 0.15) is 28.8 Å². The van der Waals surface area contributed by atoms with Crippen molar-refractivity contribution in [3.05, 3.63) is 126 Å². The molecule has 0 unspecified atom stereocenters. The molecular formula is C26H24N4. The molecule has 4 heteroatoms. The summed E-state index contributed by atoms with van der Waals surface area (Å²) < 4.78 is 2.23. The molecule has 1 heterocycles. The number of hydrogen-bond donors (Lipinski definition) is 1. The minimum Gasteiger partial charge on any atom is -0.316 e. The second kappa shape index (κ2) is 8.77. The van der Waals surface area contributed by atoms with Crippen LogP contribution in [-0.2, 0) is 12.0 Å². The molecule has 0 radical (unpaired) electrons. The van der Waals surface area contributed by atoms with Crippen LogP contribution in [0.3, 0.4) is 0 Å². The molecule has 0 bridgehead atoms. The van der Waals surface area contributed by atoms with E-state index in [-0.39, 0.29) is 0 Å². The standard InChI is InChI=1S/C26H24N4/c27-18-24(28)16-17-25-19-29-20-30(25)26(21-10-4-1-5-11-21,22-12-6-2-7-13-22)23-14-8-3-9-15-23/h1-15,19-20,24H,16-17,28H2/t24-/m1/s1. The van der Waals surface area contributed by atoms with E-state index in [1.165, 1.54) is 0 Å². The lowest BCUT2D eigenvalue weighted by Crippen LogP contribution is -2.38. The van der Waals surface area contributed by atoms with Crippen LogP contribution < -0.4 is 5.73 Å². The van der Waals surface area contributed by atoms with Gasteiger partial charge in [-0.05, 0) is 29.5 Å². The zero-order chi connectivity index (χ0) is 20.8. The molecule has 2 N–H and O–H groups in total. The molecule has 0 saturated heterocycles. The normalized spacial score (nSPS) is 12.3. The van der Waals surface area contributed by atoms with Gasteiger partial charge in [-0.2, -0.15) is 5.26 Å². The van der Waals surface area contributed by atoms with Crippen molar-refractivity contribution in [2.45, 2.75) is 24.4 Å². The van der Waals surface area contributed by atoms with Crippen LogP contribution in [-0.4, -0.2) is 15.6 Å². The number of rotatable bonds is 7. The molecule has 148 valence electrons.